The summed E-state index contributed by atoms with van der Waals surface area (Å²) in [6.45, 7) is 4.23. The molecule has 1 nitrogen and oxygen atoms in total. The van der Waals surface area contributed by atoms with E-state index in [0.717, 1.165) is 25.7 Å². The van der Waals surface area contributed by atoms with Crippen LogP contribution in [-0.4, -0.2) is 7.05 Å². The molecule has 1 aromatic carbocycles. The average molecular weight is 334 g/mol. The van der Waals surface area contributed by atoms with Crippen molar-refractivity contribution >= 4 is 15.9 Å². The fourth-order valence-electron chi connectivity index (χ4n) is 2.49. The van der Waals surface area contributed by atoms with E-state index in [-0.39, 0.29) is 16.3 Å². The number of hydrogen-bond acceptors (Lipinski definition) is 1. The first-order valence-electron chi connectivity index (χ1n) is 6.86. The first kappa shape index (κ1) is 16.6. The van der Waals surface area contributed by atoms with E-state index < -0.39 is 5.82 Å². The van der Waals surface area contributed by atoms with Gasteiger partial charge in [-0.3, -0.25) is 0 Å². The van der Waals surface area contributed by atoms with Crippen LogP contribution in [-0.2, 0) is 0 Å². The Morgan fingerprint density at radius 1 is 1.21 bits per heavy atom. The van der Waals surface area contributed by atoms with Gasteiger partial charge in [0.1, 0.15) is 11.6 Å². The molecule has 0 amide bonds. The number of halogens is 3. The summed E-state index contributed by atoms with van der Waals surface area (Å²) in [5.41, 5.74) is 0.422. The molecule has 108 valence electrons. The van der Waals surface area contributed by atoms with Gasteiger partial charge in [-0.15, -0.1) is 0 Å². The summed E-state index contributed by atoms with van der Waals surface area (Å²) in [6.07, 6.45) is 4.19. The highest BCUT2D eigenvalue weighted by Gasteiger charge is 2.23. The van der Waals surface area contributed by atoms with Crippen LogP contribution in [0.5, 0.6) is 0 Å². The highest BCUT2D eigenvalue weighted by Crippen LogP contribution is 2.32. The fraction of sp³-hybridized carbons (Fsp3) is 0.600. The second-order valence-corrected chi connectivity index (χ2v) is 5.72. The Morgan fingerprint density at radius 3 is 2.42 bits per heavy atom. The number of rotatable bonds is 7. The molecule has 0 radical (unpaired) electrons. The zero-order valence-corrected chi connectivity index (χ0v) is 13.4. The fourth-order valence-corrected chi connectivity index (χ4v) is 2.81. The third-order valence-corrected chi connectivity index (χ3v) is 4.22. The van der Waals surface area contributed by atoms with E-state index in [4.69, 9.17) is 0 Å². The summed E-state index contributed by atoms with van der Waals surface area (Å²) < 4.78 is 27.9. The second kappa shape index (κ2) is 7.95. The molecule has 0 aliphatic rings. The molecule has 0 saturated heterocycles. The van der Waals surface area contributed by atoms with Crippen LogP contribution in [0.1, 0.15) is 51.1 Å². The molecule has 19 heavy (non-hydrogen) atoms. The van der Waals surface area contributed by atoms with E-state index in [2.05, 4.69) is 35.1 Å². The van der Waals surface area contributed by atoms with E-state index >= 15 is 0 Å². The van der Waals surface area contributed by atoms with Crippen LogP contribution < -0.4 is 5.32 Å². The molecular weight excluding hydrogens is 312 g/mol. The highest BCUT2D eigenvalue weighted by atomic mass is 79.9. The predicted molar refractivity (Wildman–Crippen MR) is 79.2 cm³/mol. The molecule has 1 rings (SSSR count). The Kier molecular flexibility index (Phi) is 6.94. The number of hydrogen-bond donors (Lipinski definition) is 1. The Hall–Kier alpha value is -0.480. The zero-order chi connectivity index (χ0) is 14.4. The first-order chi connectivity index (χ1) is 9.04. The first-order valence-corrected chi connectivity index (χ1v) is 7.66. The van der Waals surface area contributed by atoms with E-state index in [1.54, 1.807) is 7.05 Å². The minimum absolute atomic E-state index is 0.140. The molecule has 1 aromatic rings. The molecule has 0 spiro atoms. The molecule has 0 aliphatic carbocycles. The summed E-state index contributed by atoms with van der Waals surface area (Å²) in [5.74, 6) is -0.454. The van der Waals surface area contributed by atoms with Crippen molar-refractivity contribution in [2.75, 3.05) is 7.05 Å². The maximum Gasteiger partial charge on any atom is 0.137 e. The van der Waals surface area contributed by atoms with Gasteiger partial charge in [-0.05, 0) is 47.4 Å². The maximum atomic E-state index is 14.0. The lowest BCUT2D eigenvalue weighted by molar-refractivity contribution is 0.330. The van der Waals surface area contributed by atoms with Crippen molar-refractivity contribution in [2.24, 2.45) is 5.92 Å². The molecule has 0 aliphatic heterocycles. The van der Waals surface area contributed by atoms with Crippen molar-refractivity contribution < 1.29 is 8.78 Å². The normalized spacial score (nSPS) is 14.4. The van der Waals surface area contributed by atoms with Crippen molar-refractivity contribution in [1.82, 2.24) is 5.32 Å². The Morgan fingerprint density at radius 2 is 1.89 bits per heavy atom. The van der Waals surface area contributed by atoms with Crippen molar-refractivity contribution in [1.29, 1.82) is 0 Å². The van der Waals surface area contributed by atoms with Crippen LogP contribution in [0.15, 0.2) is 16.6 Å². The van der Waals surface area contributed by atoms with Crippen LogP contribution in [0, 0.1) is 17.6 Å². The molecular formula is C15H22BrF2N. The predicted octanol–water partition coefficient (Wildman–Crippen LogP) is 5.20. The van der Waals surface area contributed by atoms with Crippen LogP contribution in [0.2, 0.25) is 0 Å². The summed E-state index contributed by atoms with van der Waals surface area (Å²) in [4.78, 5) is 0. The Balaban J connectivity index is 3.04. The van der Waals surface area contributed by atoms with Crippen molar-refractivity contribution in [3.05, 3.63) is 33.8 Å². The van der Waals surface area contributed by atoms with Gasteiger partial charge in [-0.1, -0.05) is 33.1 Å². The molecule has 0 saturated carbocycles. The van der Waals surface area contributed by atoms with Gasteiger partial charge in [0.2, 0.25) is 0 Å². The lowest BCUT2D eigenvalue weighted by Crippen LogP contribution is -2.26. The minimum Gasteiger partial charge on any atom is -0.313 e. The van der Waals surface area contributed by atoms with Crippen molar-refractivity contribution in [3.63, 3.8) is 0 Å². The molecule has 0 fully saturated rings. The van der Waals surface area contributed by atoms with E-state index in [0.29, 0.717) is 11.5 Å². The molecule has 0 bridgehead atoms. The van der Waals surface area contributed by atoms with Gasteiger partial charge in [-0.25, -0.2) is 8.78 Å². The Labute approximate surface area is 122 Å². The summed E-state index contributed by atoms with van der Waals surface area (Å²) in [7, 11) is 1.80. The largest absolute Gasteiger partial charge is 0.313 e. The summed E-state index contributed by atoms with van der Waals surface area (Å²) in [6, 6.07) is 2.37. The van der Waals surface area contributed by atoms with Crippen LogP contribution in [0.3, 0.4) is 0 Å². The van der Waals surface area contributed by atoms with Crippen molar-refractivity contribution in [2.45, 2.75) is 45.6 Å². The smallest absolute Gasteiger partial charge is 0.137 e. The zero-order valence-electron chi connectivity index (χ0n) is 11.8. The lowest BCUT2D eigenvalue weighted by Gasteiger charge is -2.27. The third-order valence-electron chi connectivity index (χ3n) is 3.61. The van der Waals surface area contributed by atoms with Gasteiger partial charge in [0.15, 0.2) is 0 Å². The van der Waals surface area contributed by atoms with Crippen LogP contribution in [0.25, 0.3) is 0 Å². The molecule has 4 heteroatoms. The Bertz CT molecular complexity index is 409. The SMILES string of the molecule is CCCCC(CC)C(NC)c1cc(F)c(Br)cc1F. The van der Waals surface area contributed by atoms with E-state index in [1.807, 2.05) is 0 Å². The minimum atomic E-state index is -0.415. The quantitative estimate of drug-likeness (QED) is 0.676. The number of unbranched alkanes of at least 4 members (excludes halogenated alkanes) is 1. The maximum absolute atomic E-state index is 14.0. The topological polar surface area (TPSA) is 12.0 Å². The van der Waals surface area contributed by atoms with E-state index in [1.165, 1.54) is 12.1 Å². The van der Waals surface area contributed by atoms with Crippen molar-refractivity contribution in [3.8, 4) is 0 Å². The van der Waals surface area contributed by atoms with Gasteiger partial charge in [0.05, 0.1) is 4.47 Å². The van der Waals surface area contributed by atoms with Gasteiger partial charge >= 0.3 is 0 Å². The summed E-state index contributed by atoms with van der Waals surface area (Å²) in [5, 5.41) is 3.14. The molecule has 2 unspecified atom stereocenters. The number of benzene rings is 1. The van der Waals surface area contributed by atoms with Crippen LogP contribution >= 0.6 is 15.9 Å². The van der Waals surface area contributed by atoms with Gasteiger partial charge < -0.3 is 5.32 Å². The highest BCUT2D eigenvalue weighted by molar-refractivity contribution is 9.10. The third kappa shape index (κ3) is 4.25. The standard InChI is InChI=1S/C15H22BrF2N/c1-4-6-7-10(5-2)15(19-3)11-8-14(18)12(16)9-13(11)17/h8-10,15,19H,4-7H2,1-3H3. The molecule has 2 atom stereocenters. The van der Waals surface area contributed by atoms with E-state index in [9.17, 15) is 8.78 Å². The van der Waals surface area contributed by atoms with Gasteiger partial charge in [0.25, 0.3) is 0 Å². The molecule has 1 N–H and O–H groups in total. The van der Waals surface area contributed by atoms with Gasteiger partial charge in [-0.2, -0.15) is 0 Å². The average Bonchev–Trinajstić information content (AvgIpc) is 2.39. The second-order valence-electron chi connectivity index (χ2n) is 4.86. The number of nitrogens with one attached hydrogen (secondary N) is 1. The molecule has 0 aromatic heterocycles. The lowest BCUT2D eigenvalue weighted by atomic mass is 9.86. The summed E-state index contributed by atoms with van der Waals surface area (Å²) >= 11 is 3.01. The van der Waals surface area contributed by atoms with Crippen LogP contribution in [0.4, 0.5) is 8.78 Å². The van der Waals surface area contributed by atoms with Gasteiger partial charge in [0, 0.05) is 11.6 Å². The monoisotopic (exact) mass is 333 g/mol. The molecule has 0 heterocycles.